The van der Waals surface area contributed by atoms with Crippen LogP contribution in [0.15, 0.2) is 29.3 Å². The van der Waals surface area contributed by atoms with E-state index in [9.17, 15) is 4.79 Å². The van der Waals surface area contributed by atoms with Gasteiger partial charge in [-0.3, -0.25) is 9.69 Å². The number of rotatable bonds is 2. The molecule has 96 valence electrons. The Balaban J connectivity index is 2.44. The molecular formula is C13H18N4O. The number of aliphatic imine (C=N–C) groups is 1. The van der Waals surface area contributed by atoms with Crippen molar-refractivity contribution in [3.63, 3.8) is 0 Å². The lowest BCUT2D eigenvalue weighted by atomic mass is 9.87. The van der Waals surface area contributed by atoms with Crippen molar-refractivity contribution in [3.8, 4) is 0 Å². The van der Waals surface area contributed by atoms with Crippen LogP contribution in [0.3, 0.4) is 0 Å². The van der Waals surface area contributed by atoms with Crippen LogP contribution in [-0.2, 0) is 10.3 Å². The minimum atomic E-state index is -0.623. The van der Waals surface area contributed by atoms with Gasteiger partial charge in [0.25, 0.3) is 0 Å². The summed E-state index contributed by atoms with van der Waals surface area (Å²) in [7, 11) is 0. The minimum Gasteiger partial charge on any atom is -0.399 e. The second-order valence-electron chi connectivity index (χ2n) is 4.68. The molecule has 0 saturated heterocycles. The summed E-state index contributed by atoms with van der Waals surface area (Å²) in [6, 6.07) is 7.43. The van der Waals surface area contributed by atoms with Crippen molar-refractivity contribution in [1.82, 2.24) is 4.90 Å². The van der Waals surface area contributed by atoms with E-state index in [2.05, 4.69) is 4.99 Å². The number of hydrogen-bond acceptors (Lipinski definition) is 4. The van der Waals surface area contributed by atoms with Gasteiger partial charge in [-0.2, -0.15) is 0 Å². The van der Waals surface area contributed by atoms with Crippen molar-refractivity contribution in [3.05, 3.63) is 29.8 Å². The van der Waals surface area contributed by atoms with Gasteiger partial charge in [-0.15, -0.1) is 0 Å². The van der Waals surface area contributed by atoms with Crippen LogP contribution in [0.5, 0.6) is 0 Å². The summed E-state index contributed by atoms with van der Waals surface area (Å²) in [5, 5.41) is 0. The molecular weight excluding hydrogens is 228 g/mol. The first-order valence-corrected chi connectivity index (χ1v) is 5.98. The molecule has 0 aliphatic carbocycles. The standard InChI is InChI=1S/C13H18N4O/c1-3-17-11(18)8-13(2,16-12(17)15)9-5-4-6-10(14)7-9/h4-7H,3,8,14H2,1-2H3,(H2,15,16)/t13-/m0/s1. The molecule has 4 N–H and O–H groups in total. The fourth-order valence-electron chi connectivity index (χ4n) is 2.25. The van der Waals surface area contributed by atoms with Gasteiger partial charge >= 0.3 is 0 Å². The van der Waals surface area contributed by atoms with Crippen molar-refractivity contribution in [2.75, 3.05) is 12.3 Å². The van der Waals surface area contributed by atoms with Gasteiger partial charge in [0.2, 0.25) is 5.91 Å². The van der Waals surface area contributed by atoms with Gasteiger partial charge in [0.05, 0.1) is 12.0 Å². The topological polar surface area (TPSA) is 84.7 Å². The van der Waals surface area contributed by atoms with Crippen LogP contribution in [0.4, 0.5) is 5.69 Å². The molecule has 0 radical (unpaired) electrons. The van der Waals surface area contributed by atoms with Crippen molar-refractivity contribution in [2.45, 2.75) is 25.8 Å². The molecule has 0 bridgehead atoms. The van der Waals surface area contributed by atoms with Gasteiger partial charge in [-0.1, -0.05) is 12.1 Å². The summed E-state index contributed by atoms with van der Waals surface area (Å²) in [6.45, 7) is 4.32. The molecule has 18 heavy (non-hydrogen) atoms. The molecule has 1 atom stereocenters. The molecule has 0 unspecified atom stereocenters. The lowest BCUT2D eigenvalue weighted by Gasteiger charge is -2.35. The summed E-state index contributed by atoms with van der Waals surface area (Å²) in [4.78, 5) is 18.0. The highest BCUT2D eigenvalue weighted by Gasteiger charge is 2.36. The third kappa shape index (κ3) is 2.03. The van der Waals surface area contributed by atoms with Crippen LogP contribution in [0.1, 0.15) is 25.8 Å². The molecule has 1 aliphatic rings. The first-order chi connectivity index (χ1) is 8.46. The van der Waals surface area contributed by atoms with Crippen LogP contribution >= 0.6 is 0 Å². The summed E-state index contributed by atoms with van der Waals surface area (Å²) < 4.78 is 0. The van der Waals surface area contributed by atoms with E-state index >= 15 is 0 Å². The Morgan fingerprint density at radius 1 is 1.44 bits per heavy atom. The minimum absolute atomic E-state index is 0.00470. The fourth-order valence-corrected chi connectivity index (χ4v) is 2.25. The summed E-state index contributed by atoms with van der Waals surface area (Å²) in [5.74, 6) is 0.272. The molecule has 5 heteroatoms. The molecule has 5 nitrogen and oxygen atoms in total. The van der Waals surface area contributed by atoms with E-state index in [-0.39, 0.29) is 11.9 Å². The summed E-state index contributed by atoms with van der Waals surface area (Å²) in [6.07, 6.45) is 0.311. The molecule has 0 saturated carbocycles. The number of nitrogens with two attached hydrogens (primary N) is 2. The Morgan fingerprint density at radius 2 is 2.17 bits per heavy atom. The van der Waals surface area contributed by atoms with Crippen molar-refractivity contribution in [1.29, 1.82) is 0 Å². The van der Waals surface area contributed by atoms with Crippen molar-refractivity contribution >= 4 is 17.6 Å². The third-order valence-corrected chi connectivity index (χ3v) is 3.26. The number of anilines is 1. The van der Waals surface area contributed by atoms with E-state index < -0.39 is 5.54 Å². The van der Waals surface area contributed by atoms with E-state index in [1.807, 2.05) is 38.1 Å². The number of nitrogen functional groups attached to an aromatic ring is 1. The quantitative estimate of drug-likeness (QED) is 0.765. The molecule has 0 aromatic heterocycles. The molecule has 1 aromatic carbocycles. The van der Waals surface area contributed by atoms with Gasteiger partial charge in [0.1, 0.15) is 0 Å². The largest absolute Gasteiger partial charge is 0.399 e. The lowest BCUT2D eigenvalue weighted by Crippen LogP contribution is -2.49. The maximum Gasteiger partial charge on any atom is 0.232 e. The summed E-state index contributed by atoms with van der Waals surface area (Å²) in [5.41, 5.74) is 12.6. The molecule has 1 heterocycles. The normalized spacial score (nSPS) is 24.0. The number of hydrogen-bond donors (Lipinski definition) is 2. The first-order valence-electron chi connectivity index (χ1n) is 5.98. The average Bonchev–Trinajstić information content (AvgIpc) is 2.28. The Labute approximate surface area is 106 Å². The predicted octanol–water partition coefficient (Wildman–Crippen LogP) is 1.05. The maximum atomic E-state index is 12.0. The number of amides is 1. The van der Waals surface area contributed by atoms with Crippen molar-refractivity contribution < 1.29 is 4.79 Å². The van der Waals surface area contributed by atoms with Crippen LogP contribution in [0.25, 0.3) is 0 Å². The van der Waals surface area contributed by atoms with Crippen LogP contribution < -0.4 is 11.5 Å². The fraction of sp³-hybridized carbons (Fsp3) is 0.385. The van der Waals surface area contributed by atoms with E-state index in [1.165, 1.54) is 4.90 Å². The smallest absolute Gasteiger partial charge is 0.232 e. The zero-order valence-electron chi connectivity index (χ0n) is 10.7. The van der Waals surface area contributed by atoms with Crippen LogP contribution in [-0.4, -0.2) is 23.3 Å². The number of carbonyl (C=O) groups excluding carboxylic acids is 1. The van der Waals surface area contributed by atoms with Crippen LogP contribution in [0.2, 0.25) is 0 Å². The number of guanidine groups is 1. The van der Waals surface area contributed by atoms with Gasteiger partial charge < -0.3 is 11.5 Å². The second-order valence-corrected chi connectivity index (χ2v) is 4.68. The van der Waals surface area contributed by atoms with E-state index in [0.29, 0.717) is 18.7 Å². The number of carbonyl (C=O) groups is 1. The Hall–Kier alpha value is -2.04. The van der Waals surface area contributed by atoms with Gasteiger partial charge in [0, 0.05) is 12.2 Å². The molecule has 1 aliphatic heterocycles. The lowest BCUT2D eigenvalue weighted by molar-refractivity contribution is -0.129. The van der Waals surface area contributed by atoms with E-state index in [1.54, 1.807) is 0 Å². The molecule has 1 amide bonds. The number of nitrogens with zero attached hydrogens (tertiary/aromatic N) is 2. The Bertz CT molecular complexity index is 511. The molecule has 1 aromatic rings. The summed E-state index contributed by atoms with van der Waals surface area (Å²) >= 11 is 0. The molecule has 0 fully saturated rings. The van der Waals surface area contributed by atoms with Crippen LogP contribution in [0, 0.1) is 0 Å². The Kier molecular flexibility index (Phi) is 2.98. The molecule has 2 rings (SSSR count). The average molecular weight is 246 g/mol. The zero-order chi connectivity index (χ0) is 13.3. The van der Waals surface area contributed by atoms with Gasteiger partial charge in [-0.05, 0) is 31.5 Å². The maximum absolute atomic E-state index is 12.0. The van der Waals surface area contributed by atoms with Gasteiger partial charge in [0.15, 0.2) is 5.96 Å². The zero-order valence-corrected chi connectivity index (χ0v) is 10.7. The first kappa shape index (κ1) is 12.4. The highest BCUT2D eigenvalue weighted by atomic mass is 16.2. The third-order valence-electron chi connectivity index (χ3n) is 3.26. The SMILES string of the molecule is CCN1C(=O)C[C@@](C)(c2cccc(N)c2)N=C1N. The van der Waals surface area contributed by atoms with E-state index in [0.717, 1.165) is 5.56 Å². The number of benzene rings is 1. The Morgan fingerprint density at radius 3 is 2.72 bits per heavy atom. The monoisotopic (exact) mass is 246 g/mol. The van der Waals surface area contributed by atoms with Gasteiger partial charge in [-0.25, -0.2) is 4.99 Å². The van der Waals surface area contributed by atoms with Crippen molar-refractivity contribution in [2.24, 2.45) is 10.7 Å². The predicted molar refractivity (Wildman–Crippen MR) is 71.8 cm³/mol. The highest BCUT2D eigenvalue weighted by molar-refractivity contribution is 5.99. The molecule has 0 spiro atoms. The van der Waals surface area contributed by atoms with E-state index in [4.69, 9.17) is 11.5 Å². The highest BCUT2D eigenvalue weighted by Crippen LogP contribution is 2.33. The second kappa shape index (κ2) is 4.33.